The Morgan fingerprint density at radius 1 is 0.925 bits per heavy atom. The Labute approximate surface area is 236 Å². The molecule has 8 heteroatoms. The summed E-state index contributed by atoms with van der Waals surface area (Å²) in [6.07, 6.45) is 1.84. The van der Waals surface area contributed by atoms with Crippen LogP contribution in [0.25, 0.3) is 6.08 Å². The molecule has 0 saturated carbocycles. The number of esters is 1. The van der Waals surface area contributed by atoms with Crippen LogP contribution in [-0.4, -0.2) is 23.8 Å². The minimum absolute atomic E-state index is 0.221. The fourth-order valence-corrected chi connectivity index (χ4v) is 5.62. The van der Waals surface area contributed by atoms with Crippen LogP contribution in [0.4, 0.5) is 0 Å². The summed E-state index contributed by atoms with van der Waals surface area (Å²) in [6, 6.07) is 24.3. The minimum atomic E-state index is -0.665. The Kier molecular flexibility index (Phi) is 8.26. The van der Waals surface area contributed by atoms with E-state index in [-0.39, 0.29) is 12.2 Å². The molecule has 0 radical (unpaired) electrons. The Hall–Kier alpha value is -4.43. The van der Waals surface area contributed by atoms with Crippen LogP contribution in [0, 0.1) is 0 Å². The summed E-state index contributed by atoms with van der Waals surface area (Å²) >= 11 is 1.30. The molecule has 1 atom stereocenters. The molecule has 0 N–H and O–H groups in total. The predicted molar refractivity (Wildman–Crippen MR) is 155 cm³/mol. The zero-order valence-corrected chi connectivity index (χ0v) is 23.4. The van der Waals surface area contributed by atoms with E-state index < -0.39 is 12.0 Å². The summed E-state index contributed by atoms with van der Waals surface area (Å²) in [5, 5.41) is 0. The van der Waals surface area contributed by atoms with Crippen molar-refractivity contribution in [2.45, 2.75) is 33.4 Å². The molecule has 0 unspecified atom stereocenters. The van der Waals surface area contributed by atoms with Crippen LogP contribution < -0.4 is 24.4 Å². The maximum absolute atomic E-state index is 13.8. The molecule has 0 amide bonds. The Bertz CT molecular complexity index is 1700. The third kappa shape index (κ3) is 5.77. The van der Waals surface area contributed by atoms with Gasteiger partial charge in [-0.15, -0.1) is 0 Å². The zero-order chi connectivity index (χ0) is 28.1. The molecule has 0 bridgehead atoms. The second kappa shape index (κ2) is 12.2. The molecule has 3 aromatic carbocycles. The van der Waals surface area contributed by atoms with Gasteiger partial charge in [0.05, 0.1) is 35.1 Å². The van der Waals surface area contributed by atoms with Crippen molar-refractivity contribution in [2.75, 3.05) is 13.2 Å². The lowest BCUT2D eigenvalue weighted by atomic mass is 9.96. The molecule has 0 spiro atoms. The molecule has 204 valence electrons. The van der Waals surface area contributed by atoms with Crippen molar-refractivity contribution in [2.24, 2.45) is 4.99 Å². The number of fused-ring (bicyclic) bond motifs is 1. The van der Waals surface area contributed by atoms with E-state index in [0.29, 0.717) is 39.6 Å². The summed E-state index contributed by atoms with van der Waals surface area (Å²) in [4.78, 5) is 32.0. The molecule has 5 rings (SSSR count). The molecule has 1 aromatic heterocycles. The summed E-state index contributed by atoms with van der Waals surface area (Å²) in [7, 11) is 0. The van der Waals surface area contributed by atoms with Gasteiger partial charge in [0.2, 0.25) is 0 Å². The van der Waals surface area contributed by atoms with E-state index in [0.717, 1.165) is 22.4 Å². The second-order valence-electron chi connectivity index (χ2n) is 9.15. The van der Waals surface area contributed by atoms with Crippen LogP contribution in [0.1, 0.15) is 43.5 Å². The molecule has 0 fully saturated rings. The highest BCUT2D eigenvalue weighted by Gasteiger charge is 2.33. The minimum Gasteiger partial charge on any atom is -0.494 e. The first-order valence-electron chi connectivity index (χ1n) is 13.2. The quantitative estimate of drug-likeness (QED) is 0.279. The Morgan fingerprint density at radius 2 is 1.60 bits per heavy atom. The number of benzene rings is 3. The first-order valence-corrected chi connectivity index (χ1v) is 14.0. The molecular formula is C32H30N2O5S. The number of carbonyl (C=O) groups is 1. The number of carbonyl (C=O) groups excluding carboxylic acids is 1. The summed E-state index contributed by atoms with van der Waals surface area (Å²) in [6.45, 7) is 6.70. The van der Waals surface area contributed by atoms with Crippen molar-refractivity contribution in [1.82, 2.24) is 4.57 Å². The molecule has 1 aliphatic rings. The summed E-state index contributed by atoms with van der Waals surface area (Å²) in [5.41, 5.74) is 3.38. The molecule has 1 aliphatic heterocycles. The number of hydrogen-bond donors (Lipinski definition) is 0. The van der Waals surface area contributed by atoms with Crippen LogP contribution in [0.3, 0.4) is 0 Å². The molecular weight excluding hydrogens is 524 g/mol. The van der Waals surface area contributed by atoms with Crippen LogP contribution in [0.2, 0.25) is 0 Å². The van der Waals surface area contributed by atoms with Gasteiger partial charge in [-0.3, -0.25) is 9.36 Å². The second-order valence-corrected chi connectivity index (χ2v) is 10.2. The lowest BCUT2D eigenvalue weighted by Gasteiger charge is -2.24. The van der Waals surface area contributed by atoms with Crippen molar-refractivity contribution in [3.8, 4) is 11.5 Å². The number of aromatic nitrogens is 1. The fourth-order valence-electron chi connectivity index (χ4n) is 4.57. The Morgan fingerprint density at radius 3 is 2.27 bits per heavy atom. The normalized spacial score (nSPS) is 14.9. The van der Waals surface area contributed by atoms with Crippen molar-refractivity contribution < 1.29 is 19.0 Å². The van der Waals surface area contributed by atoms with Gasteiger partial charge in [0.15, 0.2) is 4.80 Å². The zero-order valence-electron chi connectivity index (χ0n) is 22.6. The average Bonchev–Trinajstić information content (AvgIpc) is 3.27. The van der Waals surface area contributed by atoms with E-state index in [2.05, 4.69) is 4.99 Å². The SMILES string of the molecule is CCOC(=O)C1=C(C)N=c2s/c(=C\c3ccc(OCc4ccccc4)cc3)c(=O)n2[C@H]1c1ccc(OCC)cc1. The third-order valence-electron chi connectivity index (χ3n) is 6.45. The standard InChI is InChI=1S/C32H30N2O5S/c1-4-37-25-17-13-24(14-18-25)29-28(31(36)38-5-2)21(3)33-32-34(29)30(35)27(40-32)19-22-11-15-26(16-12-22)39-20-23-9-7-6-8-10-23/h6-19,29H,4-5,20H2,1-3H3/b27-19-/t29-/m0/s1. The molecule has 2 heterocycles. The van der Waals surface area contributed by atoms with E-state index in [1.54, 1.807) is 18.4 Å². The van der Waals surface area contributed by atoms with Gasteiger partial charge in [0.25, 0.3) is 5.56 Å². The monoisotopic (exact) mass is 554 g/mol. The van der Waals surface area contributed by atoms with Gasteiger partial charge in [-0.1, -0.05) is 65.9 Å². The van der Waals surface area contributed by atoms with Crippen molar-refractivity contribution >= 4 is 23.4 Å². The number of hydrogen-bond acceptors (Lipinski definition) is 7. The largest absolute Gasteiger partial charge is 0.494 e. The van der Waals surface area contributed by atoms with Crippen molar-refractivity contribution in [1.29, 1.82) is 0 Å². The number of nitrogens with zero attached hydrogens (tertiary/aromatic N) is 2. The summed E-state index contributed by atoms with van der Waals surface area (Å²) in [5.74, 6) is 0.976. The van der Waals surface area contributed by atoms with E-state index >= 15 is 0 Å². The molecule has 0 aliphatic carbocycles. The van der Waals surface area contributed by atoms with Gasteiger partial charge < -0.3 is 14.2 Å². The van der Waals surface area contributed by atoms with Crippen LogP contribution in [0.5, 0.6) is 11.5 Å². The molecule has 40 heavy (non-hydrogen) atoms. The number of ether oxygens (including phenoxy) is 3. The lowest BCUT2D eigenvalue weighted by Crippen LogP contribution is -2.39. The van der Waals surface area contributed by atoms with E-state index in [9.17, 15) is 9.59 Å². The van der Waals surface area contributed by atoms with Crippen LogP contribution >= 0.6 is 11.3 Å². The number of thiazole rings is 1. The van der Waals surface area contributed by atoms with Crippen molar-refractivity contribution in [3.05, 3.63) is 127 Å². The Balaban J connectivity index is 1.50. The van der Waals surface area contributed by atoms with Gasteiger partial charge in [-0.25, -0.2) is 9.79 Å². The van der Waals surface area contributed by atoms with Crippen LogP contribution in [0.15, 0.2) is 99.9 Å². The van der Waals surface area contributed by atoms with E-state index in [1.165, 1.54) is 11.3 Å². The van der Waals surface area contributed by atoms with Gasteiger partial charge in [-0.2, -0.15) is 0 Å². The predicted octanol–water partition coefficient (Wildman–Crippen LogP) is 4.78. The van der Waals surface area contributed by atoms with E-state index in [1.807, 2.05) is 91.9 Å². The first kappa shape index (κ1) is 27.1. The number of allylic oxidation sites excluding steroid dienone is 1. The van der Waals surface area contributed by atoms with Crippen molar-refractivity contribution in [3.63, 3.8) is 0 Å². The van der Waals surface area contributed by atoms with Gasteiger partial charge in [0, 0.05) is 0 Å². The molecule has 7 nitrogen and oxygen atoms in total. The maximum atomic E-state index is 13.8. The highest BCUT2D eigenvalue weighted by molar-refractivity contribution is 7.07. The lowest BCUT2D eigenvalue weighted by molar-refractivity contribution is -0.139. The third-order valence-corrected chi connectivity index (χ3v) is 7.43. The topological polar surface area (TPSA) is 79.1 Å². The highest BCUT2D eigenvalue weighted by Crippen LogP contribution is 2.31. The highest BCUT2D eigenvalue weighted by atomic mass is 32.1. The van der Waals surface area contributed by atoms with Crippen LogP contribution in [-0.2, 0) is 16.1 Å². The van der Waals surface area contributed by atoms with Gasteiger partial charge in [0.1, 0.15) is 18.1 Å². The maximum Gasteiger partial charge on any atom is 0.338 e. The smallest absolute Gasteiger partial charge is 0.338 e. The summed E-state index contributed by atoms with van der Waals surface area (Å²) < 4.78 is 19.0. The van der Waals surface area contributed by atoms with E-state index in [4.69, 9.17) is 14.2 Å². The average molecular weight is 555 g/mol. The fraction of sp³-hybridized carbons (Fsp3) is 0.219. The molecule has 0 saturated heterocycles. The molecule has 4 aromatic rings. The first-order chi connectivity index (χ1) is 19.5. The number of rotatable bonds is 9. The van der Waals surface area contributed by atoms with Gasteiger partial charge >= 0.3 is 5.97 Å². The van der Waals surface area contributed by atoms with Gasteiger partial charge in [-0.05, 0) is 67.8 Å².